The number of rotatable bonds is 7. The Kier molecular flexibility index (Phi) is 5.61. The Morgan fingerprint density at radius 1 is 1.42 bits per heavy atom. The summed E-state index contributed by atoms with van der Waals surface area (Å²) in [5.41, 5.74) is 2.29. The molecule has 3 rings (SSSR count). The Morgan fingerprint density at radius 2 is 2.27 bits per heavy atom. The standard InChI is InChI=1S/C19H24N4O3/c1-2-16(13-17(24)25)23-12-11-22(19(23)26)10-4-6-15-8-7-14-5-3-9-20-18(14)21-15/h1,7-8,16H,3-6,9-13H2,(H,20,21)(H,24,25)/t16-/m0/s1. The van der Waals surface area contributed by atoms with Crippen molar-refractivity contribution in [3.63, 3.8) is 0 Å². The zero-order valence-electron chi connectivity index (χ0n) is 14.8. The van der Waals surface area contributed by atoms with Gasteiger partial charge in [-0.2, -0.15) is 0 Å². The fourth-order valence-corrected chi connectivity index (χ4v) is 3.48. The number of nitrogens with one attached hydrogen (secondary N) is 1. The molecule has 1 saturated heterocycles. The number of urea groups is 1. The molecule has 26 heavy (non-hydrogen) atoms. The van der Waals surface area contributed by atoms with Crippen LogP contribution in [0.15, 0.2) is 12.1 Å². The predicted molar refractivity (Wildman–Crippen MR) is 97.9 cm³/mol. The Hall–Kier alpha value is -2.75. The second-order valence-corrected chi connectivity index (χ2v) is 6.69. The third kappa shape index (κ3) is 4.07. The first kappa shape index (κ1) is 18.1. The predicted octanol–water partition coefficient (Wildman–Crippen LogP) is 1.59. The number of carbonyl (C=O) groups excluding carboxylic acids is 1. The molecule has 1 atom stereocenters. The van der Waals surface area contributed by atoms with E-state index in [4.69, 9.17) is 11.5 Å². The Balaban J connectivity index is 1.50. The number of aliphatic carboxylic acids is 1. The van der Waals surface area contributed by atoms with Crippen LogP contribution in [-0.2, 0) is 17.6 Å². The molecule has 2 N–H and O–H groups in total. The lowest BCUT2D eigenvalue weighted by atomic mass is 10.1. The molecule has 2 aliphatic heterocycles. The number of carboxylic acids is 1. The summed E-state index contributed by atoms with van der Waals surface area (Å²) in [7, 11) is 0. The summed E-state index contributed by atoms with van der Waals surface area (Å²) < 4.78 is 0. The van der Waals surface area contributed by atoms with E-state index in [0.717, 1.165) is 43.7 Å². The van der Waals surface area contributed by atoms with Crippen molar-refractivity contribution in [1.29, 1.82) is 0 Å². The molecule has 0 spiro atoms. The second-order valence-electron chi connectivity index (χ2n) is 6.69. The number of aromatic nitrogens is 1. The lowest BCUT2D eigenvalue weighted by Gasteiger charge is -2.23. The molecule has 1 aromatic rings. The number of fused-ring (bicyclic) bond motifs is 1. The van der Waals surface area contributed by atoms with Gasteiger partial charge in [-0.25, -0.2) is 9.78 Å². The van der Waals surface area contributed by atoms with Crippen LogP contribution in [0.5, 0.6) is 0 Å². The summed E-state index contributed by atoms with van der Waals surface area (Å²) in [6.07, 6.45) is 9.00. The minimum Gasteiger partial charge on any atom is -0.481 e. The maximum Gasteiger partial charge on any atom is 0.321 e. The molecular weight excluding hydrogens is 332 g/mol. The van der Waals surface area contributed by atoms with Crippen LogP contribution in [0.25, 0.3) is 0 Å². The van der Waals surface area contributed by atoms with E-state index < -0.39 is 12.0 Å². The smallest absolute Gasteiger partial charge is 0.321 e. The van der Waals surface area contributed by atoms with Gasteiger partial charge in [-0.05, 0) is 37.3 Å². The summed E-state index contributed by atoms with van der Waals surface area (Å²) >= 11 is 0. The summed E-state index contributed by atoms with van der Waals surface area (Å²) in [4.78, 5) is 31.2. The highest BCUT2D eigenvalue weighted by atomic mass is 16.4. The number of carboxylic acid groups (broad SMARTS) is 1. The van der Waals surface area contributed by atoms with Crippen molar-refractivity contribution in [1.82, 2.24) is 14.8 Å². The van der Waals surface area contributed by atoms with Gasteiger partial charge in [0.05, 0.1) is 6.42 Å². The number of hydrogen-bond donors (Lipinski definition) is 2. The van der Waals surface area contributed by atoms with Crippen molar-refractivity contribution < 1.29 is 14.7 Å². The van der Waals surface area contributed by atoms with Gasteiger partial charge in [-0.1, -0.05) is 12.0 Å². The first-order valence-corrected chi connectivity index (χ1v) is 9.04. The van der Waals surface area contributed by atoms with Crippen LogP contribution in [0.1, 0.15) is 30.5 Å². The van der Waals surface area contributed by atoms with Crippen LogP contribution >= 0.6 is 0 Å². The van der Waals surface area contributed by atoms with Gasteiger partial charge < -0.3 is 20.2 Å². The van der Waals surface area contributed by atoms with E-state index in [9.17, 15) is 9.59 Å². The van der Waals surface area contributed by atoms with Gasteiger partial charge in [-0.3, -0.25) is 4.79 Å². The topological polar surface area (TPSA) is 85.8 Å². The van der Waals surface area contributed by atoms with Crippen molar-refractivity contribution in [2.24, 2.45) is 0 Å². The molecule has 0 bridgehead atoms. The summed E-state index contributed by atoms with van der Waals surface area (Å²) in [5.74, 6) is 2.41. The molecule has 1 aromatic heterocycles. The fraction of sp³-hybridized carbons (Fsp3) is 0.526. The lowest BCUT2D eigenvalue weighted by Crippen LogP contribution is -2.40. The largest absolute Gasteiger partial charge is 0.481 e. The van der Waals surface area contributed by atoms with Crippen molar-refractivity contribution in [3.8, 4) is 12.3 Å². The van der Waals surface area contributed by atoms with Gasteiger partial charge in [0.15, 0.2) is 0 Å². The van der Waals surface area contributed by atoms with Crippen molar-refractivity contribution in [3.05, 3.63) is 23.4 Å². The average molecular weight is 356 g/mol. The van der Waals surface area contributed by atoms with Gasteiger partial charge >= 0.3 is 12.0 Å². The number of carbonyl (C=O) groups is 2. The molecule has 7 heteroatoms. The van der Waals surface area contributed by atoms with Crippen molar-refractivity contribution >= 4 is 17.8 Å². The fourth-order valence-electron chi connectivity index (χ4n) is 3.48. The lowest BCUT2D eigenvalue weighted by molar-refractivity contribution is -0.137. The maximum absolute atomic E-state index is 12.5. The van der Waals surface area contributed by atoms with Crippen LogP contribution < -0.4 is 5.32 Å². The van der Waals surface area contributed by atoms with Crippen LogP contribution in [-0.4, -0.2) is 64.1 Å². The quantitative estimate of drug-likeness (QED) is 0.725. The van der Waals surface area contributed by atoms with Crippen LogP contribution in [0.4, 0.5) is 10.6 Å². The molecule has 7 nitrogen and oxygen atoms in total. The van der Waals surface area contributed by atoms with Crippen molar-refractivity contribution in [2.75, 3.05) is 31.5 Å². The molecule has 1 fully saturated rings. The third-order valence-electron chi connectivity index (χ3n) is 4.88. The van der Waals surface area contributed by atoms with Crippen LogP contribution in [0.3, 0.4) is 0 Å². The zero-order valence-corrected chi connectivity index (χ0v) is 14.8. The summed E-state index contributed by atoms with van der Waals surface area (Å²) in [6.45, 7) is 2.64. The van der Waals surface area contributed by atoms with Crippen LogP contribution in [0, 0.1) is 12.3 Å². The van der Waals surface area contributed by atoms with E-state index in [1.54, 1.807) is 4.90 Å². The molecule has 0 aliphatic carbocycles. The molecule has 3 heterocycles. The average Bonchev–Trinajstić information content (AvgIpc) is 3.00. The number of terminal acetylenes is 1. The Labute approximate surface area is 153 Å². The monoisotopic (exact) mass is 356 g/mol. The number of pyridine rings is 1. The van der Waals surface area contributed by atoms with Gasteiger partial charge in [0.2, 0.25) is 0 Å². The molecule has 138 valence electrons. The number of aryl methyl sites for hydroxylation is 2. The number of nitrogens with zero attached hydrogens (tertiary/aromatic N) is 3. The van der Waals surface area contributed by atoms with Gasteiger partial charge in [0.1, 0.15) is 11.9 Å². The zero-order chi connectivity index (χ0) is 18.5. The third-order valence-corrected chi connectivity index (χ3v) is 4.88. The SMILES string of the molecule is C#C[C@@H](CC(=O)O)N1CCN(CCCc2ccc3c(n2)NCCC3)C1=O. The molecule has 0 aromatic carbocycles. The molecule has 0 saturated carbocycles. The molecule has 2 amide bonds. The highest BCUT2D eigenvalue weighted by Gasteiger charge is 2.33. The Bertz CT molecular complexity index is 728. The molecule has 0 unspecified atom stereocenters. The van der Waals surface area contributed by atoms with E-state index in [-0.39, 0.29) is 12.5 Å². The highest BCUT2D eigenvalue weighted by molar-refractivity contribution is 5.78. The van der Waals surface area contributed by atoms with Gasteiger partial charge in [0, 0.05) is 31.9 Å². The summed E-state index contributed by atoms with van der Waals surface area (Å²) in [5, 5.41) is 12.3. The number of anilines is 1. The number of hydrogen-bond acceptors (Lipinski definition) is 4. The van der Waals surface area contributed by atoms with E-state index in [2.05, 4.69) is 28.4 Å². The maximum atomic E-state index is 12.5. The highest BCUT2D eigenvalue weighted by Crippen LogP contribution is 2.20. The molecule has 0 radical (unpaired) electrons. The van der Waals surface area contributed by atoms with Crippen molar-refractivity contribution in [2.45, 2.75) is 38.1 Å². The molecular formula is C19H24N4O3. The van der Waals surface area contributed by atoms with E-state index >= 15 is 0 Å². The minimum absolute atomic E-state index is 0.172. The number of amides is 2. The van der Waals surface area contributed by atoms with E-state index in [1.807, 2.05) is 0 Å². The van der Waals surface area contributed by atoms with Crippen LogP contribution in [0.2, 0.25) is 0 Å². The van der Waals surface area contributed by atoms with Gasteiger partial charge in [-0.15, -0.1) is 6.42 Å². The molecule has 2 aliphatic rings. The minimum atomic E-state index is -0.994. The van der Waals surface area contributed by atoms with Gasteiger partial charge in [0.25, 0.3) is 0 Å². The first-order valence-electron chi connectivity index (χ1n) is 9.04. The van der Waals surface area contributed by atoms with E-state index in [0.29, 0.717) is 19.6 Å². The first-order chi connectivity index (χ1) is 12.6. The second kappa shape index (κ2) is 8.09. The summed E-state index contributed by atoms with van der Waals surface area (Å²) in [6, 6.07) is 3.34. The van der Waals surface area contributed by atoms with E-state index in [1.165, 1.54) is 10.5 Å². The Morgan fingerprint density at radius 3 is 3.04 bits per heavy atom. The normalized spacial score (nSPS) is 17.4.